The van der Waals surface area contributed by atoms with Gasteiger partial charge in [-0.15, -0.1) is 0 Å². The van der Waals surface area contributed by atoms with Gasteiger partial charge >= 0.3 is 0 Å². The van der Waals surface area contributed by atoms with Crippen LogP contribution in [0.4, 0.5) is 5.69 Å². The average Bonchev–Trinajstić information content (AvgIpc) is 2.86. The van der Waals surface area contributed by atoms with Crippen LogP contribution in [0.1, 0.15) is 48.9 Å². The molecule has 0 fully saturated rings. The summed E-state index contributed by atoms with van der Waals surface area (Å²) in [5.41, 5.74) is 4.05. The van der Waals surface area contributed by atoms with Crippen LogP contribution in [0.25, 0.3) is 0 Å². The molecule has 1 aliphatic rings. The molecule has 3 aromatic carbocycles. The predicted molar refractivity (Wildman–Crippen MR) is 137 cm³/mol. The van der Waals surface area contributed by atoms with Crippen LogP contribution in [-0.4, -0.2) is 20.9 Å². The third-order valence-electron chi connectivity index (χ3n) is 6.26. The van der Waals surface area contributed by atoms with Gasteiger partial charge in [-0.1, -0.05) is 67.1 Å². The lowest BCUT2D eigenvalue weighted by molar-refractivity contribution is -0.120. The number of halogens is 1. The molecule has 4 rings (SSSR count). The maximum atomic E-state index is 13.5. The van der Waals surface area contributed by atoms with E-state index in [1.807, 2.05) is 6.92 Å². The molecule has 0 radical (unpaired) electrons. The molecule has 0 unspecified atom stereocenters. The summed E-state index contributed by atoms with van der Waals surface area (Å²) in [6.07, 6.45) is 5.26. The van der Waals surface area contributed by atoms with Gasteiger partial charge in [-0.05, 0) is 73.1 Å². The minimum Gasteiger partial charge on any atom is -0.348 e. The third kappa shape index (κ3) is 5.29. The standard InChI is InChI=1S/C27H29ClN2O3S/c1-2-25(22-17-16-20-10-6-7-11-21(20)18-22)29-27(31)19-30(26-15-9-8-14-24(26)28)34(32,33)23-12-4-3-5-13-23/h3-5,8-9,12-18,25H,2,6-7,10-11,19H2,1H3,(H,29,31)/t25-/m0/s1. The Balaban J connectivity index is 1.60. The fourth-order valence-electron chi connectivity index (χ4n) is 4.43. The minimum atomic E-state index is -4.00. The number of amides is 1. The van der Waals surface area contributed by atoms with E-state index in [0.717, 1.165) is 22.7 Å². The fraction of sp³-hybridized carbons (Fsp3) is 0.296. The number of rotatable bonds is 8. The van der Waals surface area contributed by atoms with Crippen LogP contribution in [0.2, 0.25) is 5.02 Å². The number of para-hydroxylation sites is 1. The zero-order valence-corrected chi connectivity index (χ0v) is 20.8. The van der Waals surface area contributed by atoms with Gasteiger partial charge in [0.05, 0.1) is 21.6 Å². The number of hydrogen-bond donors (Lipinski definition) is 1. The lowest BCUT2D eigenvalue weighted by Crippen LogP contribution is -2.42. The van der Waals surface area contributed by atoms with Crippen molar-refractivity contribution in [3.8, 4) is 0 Å². The van der Waals surface area contributed by atoms with E-state index in [-0.39, 0.29) is 34.1 Å². The summed E-state index contributed by atoms with van der Waals surface area (Å²) in [6.45, 7) is 1.64. The normalized spacial score (nSPS) is 14.2. The summed E-state index contributed by atoms with van der Waals surface area (Å²) in [7, 11) is -4.00. The van der Waals surface area contributed by atoms with Crippen LogP contribution < -0.4 is 9.62 Å². The molecule has 1 amide bonds. The second-order valence-corrected chi connectivity index (χ2v) is 10.8. The number of hydrogen-bond acceptors (Lipinski definition) is 3. The van der Waals surface area contributed by atoms with E-state index in [1.165, 1.54) is 36.1 Å². The lowest BCUT2D eigenvalue weighted by Gasteiger charge is -2.27. The Morgan fingerprint density at radius 2 is 1.65 bits per heavy atom. The van der Waals surface area contributed by atoms with Gasteiger partial charge in [0.25, 0.3) is 10.0 Å². The van der Waals surface area contributed by atoms with Crippen molar-refractivity contribution in [2.45, 2.75) is 50.0 Å². The topological polar surface area (TPSA) is 66.5 Å². The van der Waals surface area contributed by atoms with E-state index in [9.17, 15) is 13.2 Å². The summed E-state index contributed by atoms with van der Waals surface area (Å²) in [5.74, 6) is -0.385. The van der Waals surface area contributed by atoms with Crippen LogP contribution >= 0.6 is 11.6 Å². The van der Waals surface area contributed by atoms with E-state index >= 15 is 0 Å². The first kappa shape index (κ1) is 24.3. The van der Waals surface area contributed by atoms with Gasteiger partial charge in [0, 0.05) is 0 Å². The van der Waals surface area contributed by atoms with Gasteiger partial charge in [0.2, 0.25) is 5.91 Å². The van der Waals surface area contributed by atoms with Crippen molar-refractivity contribution in [3.63, 3.8) is 0 Å². The number of nitrogens with zero attached hydrogens (tertiary/aromatic N) is 1. The zero-order chi connectivity index (χ0) is 24.1. The molecule has 1 aliphatic carbocycles. The van der Waals surface area contributed by atoms with E-state index < -0.39 is 10.0 Å². The smallest absolute Gasteiger partial charge is 0.264 e. The van der Waals surface area contributed by atoms with Gasteiger partial charge in [0.1, 0.15) is 6.54 Å². The summed E-state index contributed by atoms with van der Waals surface area (Å²) >= 11 is 6.35. The molecule has 3 aromatic rings. The molecule has 0 spiro atoms. The first-order valence-corrected chi connectivity index (χ1v) is 13.5. The molecule has 178 valence electrons. The van der Waals surface area contributed by atoms with Gasteiger partial charge in [0.15, 0.2) is 0 Å². The average molecular weight is 497 g/mol. The van der Waals surface area contributed by atoms with E-state index in [4.69, 9.17) is 11.6 Å². The van der Waals surface area contributed by atoms with Crippen LogP contribution in [0.3, 0.4) is 0 Å². The summed E-state index contributed by atoms with van der Waals surface area (Å²) in [6, 6.07) is 21.0. The molecule has 1 atom stereocenters. The molecule has 0 aromatic heterocycles. The van der Waals surface area contributed by atoms with Crippen molar-refractivity contribution >= 4 is 33.2 Å². The van der Waals surface area contributed by atoms with E-state index in [1.54, 1.807) is 42.5 Å². The molecule has 5 nitrogen and oxygen atoms in total. The zero-order valence-electron chi connectivity index (χ0n) is 19.2. The third-order valence-corrected chi connectivity index (χ3v) is 8.35. The number of anilines is 1. The number of aryl methyl sites for hydroxylation is 2. The van der Waals surface area contributed by atoms with E-state index in [2.05, 4.69) is 23.5 Å². The first-order chi connectivity index (χ1) is 16.4. The second kappa shape index (κ2) is 10.6. The highest BCUT2D eigenvalue weighted by Crippen LogP contribution is 2.31. The molecule has 0 bridgehead atoms. The molecule has 0 heterocycles. The minimum absolute atomic E-state index is 0.101. The number of benzene rings is 3. The molecule has 34 heavy (non-hydrogen) atoms. The van der Waals surface area contributed by atoms with Crippen molar-refractivity contribution in [1.29, 1.82) is 0 Å². The quantitative estimate of drug-likeness (QED) is 0.436. The van der Waals surface area contributed by atoms with Crippen LogP contribution in [0.5, 0.6) is 0 Å². The number of fused-ring (bicyclic) bond motifs is 1. The Hall–Kier alpha value is -2.83. The van der Waals surface area contributed by atoms with E-state index in [0.29, 0.717) is 6.42 Å². The summed E-state index contributed by atoms with van der Waals surface area (Å²) in [4.78, 5) is 13.3. The molecular formula is C27H29ClN2O3S. The highest BCUT2D eigenvalue weighted by Gasteiger charge is 2.29. The number of sulfonamides is 1. The van der Waals surface area contributed by atoms with Crippen LogP contribution in [0.15, 0.2) is 77.7 Å². The highest BCUT2D eigenvalue weighted by atomic mass is 35.5. The molecule has 1 N–H and O–H groups in total. The maximum absolute atomic E-state index is 13.5. The molecule has 0 saturated heterocycles. The monoisotopic (exact) mass is 496 g/mol. The van der Waals surface area contributed by atoms with Crippen LogP contribution in [-0.2, 0) is 27.7 Å². The fourth-order valence-corrected chi connectivity index (χ4v) is 6.18. The molecule has 7 heteroatoms. The Labute approximate surface area is 206 Å². The largest absolute Gasteiger partial charge is 0.348 e. The van der Waals surface area contributed by atoms with Crippen molar-refractivity contribution in [3.05, 3.63) is 94.5 Å². The van der Waals surface area contributed by atoms with Crippen LogP contribution in [0, 0.1) is 0 Å². The number of carbonyl (C=O) groups is 1. The van der Waals surface area contributed by atoms with Crippen molar-refractivity contribution in [1.82, 2.24) is 5.32 Å². The summed E-state index contributed by atoms with van der Waals surface area (Å²) in [5, 5.41) is 3.31. The second-order valence-electron chi connectivity index (χ2n) is 8.54. The molecule has 0 aliphatic heterocycles. The SMILES string of the molecule is CC[C@H](NC(=O)CN(c1ccccc1Cl)S(=O)(=O)c1ccccc1)c1ccc2c(c1)CCCC2. The Kier molecular flexibility index (Phi) is 7.59. The van der Waals surface area contributed by atoms with Gasteiger partial charge in [-0.25, -0.2) is 8.42 Å². The molecular weight excluding hydrogens is 468 g/mol. The highest BCUT2D eigenvalue weighted by molar-refractivity contribution is 7.92. The van der Waals surface area contributed by atoms with Crippen molar-refractivity contribution in [2.75, 3.05) is 10.8 Å². The maximum Gasteiger partial charge on any atom is 0.264 e. The number of carbonyl (C=O) groups excluding carboxylic acids is 1. The Bertz CT molecular complexity index is 1260. The van der Waals surface area contributed by atoms with Gasteiger partial charge in [-0.3, -0.25) is 9.10 Å². The summed E-state index contributed by atoms with van der Waals surface area (Å²) < 4.78 is 28.1. The molecule has 0 saturated carbocycles. The Morgan fingerprint density at radius 1 is 0.971 bits per heavy atom. The lowest BCUT2D eigenvalue weighted by atomic mass is 9.89. The number of nitrogens with one attached hydrogen (secondary N) is 1. The van der Waals surface area contributed by atoms with Gasteiger partial charge < -0.3 is 5.32 Å². The van der Waals surface area contributed by atoms with Gasteiger partial charge in [-0.2, -0.15) is 0 Å². The Morgan fingerprint density at radius 3 is 2.35 bits per heavy atom. The van der Waals surface area contributed by atoms with Crippen molar-refractivity contribution in [2.24, 2.45) is 0 Å². The first-order valence-electron chi connectivity index (χ1n) is 11.6. The van der Waals surface area contributed by atoms with Crippen molar-refractivity contribution < 1.29 is 13.2 Å². The predicted octanol–water partition coefficient (Wildman–Crippen LogP) is 5.68.